The highest BCUT2D eigenvalue weighted by Gasteiger charge is 2.21. The second kappa shape index (κ2) is 24.8. The van der Waals surface area contributed by atoms with Crippen LogP contribution in [0, 0.1) is 11.8 Å². The van der Waals surface area contributed by atoms with Crippen molar-refractivity contribution in [3.8, 4) is 0 Å². The van der Waals surface area contributed by atoms with E-state index in [0.29, 0.717) is 5.92 Å². The van der Waals surface area contributed by atoms with Crippen LogP contribution in [0.4, 0.5) is 0 Å². The van der Waals surface area contributed by atoms with Gasteiger partial charge in [0.25, 0.3) is 0 Å². The molecule has 2 atom stereocenters. The van der Waals surface area contributed by atoms with Gasteiger partial charge in [-0.25, -0.2) is 0 Å². The molecule has 0 saturated carbocycles. The Kier molecular flexibility index (Phi) is 24.2. The number of allylic oxidation sites excluding steroid dienone is 2. The Labute approximate surface area is 202 Å². The summed E-state index contributed by atoms with van der Waals surface area (Å²) in [4.78, 5) is 11.8. The number of aliphatic carboxylic acids is 1. The van der Waals surface area contributed by atoms with E-state index in [9.17, 15) is 9.90 Å². The highest BCUT2D eigenvalue weighted by Crippen LogP contribution is 2.27. The zero-order valence-corrected chi connectivity index (χ0v) is 22.2. The molecule has 0 aliphatic heterocycles. The molecule has 0 bridgehead atoms. The fraction of sp³-hybridized carbons (Fsp3) is 0.900. The first-order valence-electron chi connectivity index (χ1n) is 14.5. The van der Waals surface area contributed by atoms with Gasteiger partial charge in [-0.1, -0.05) is 136 Å². The summed E-state index contributed by atoms with van der Waals surface area (Å²) in [6.07, 6.45) is 32.0. The molecule has 0 spiro atoms. The van der Waals surface area contributed by atoms with Gasteiger partial charge in [0, 0.05) is 0 Å². The van der Waals surface area contributed by atoms with Crippen LogP contribution in [0.1, 0.15) is 162 Å². The van der Waals surface area contributed by atoms with Crippen molar-refractivity contribution in [2.45, 2.75) is 162 Å². The fourth-order valence-electron chi connectivity index (χ4n) is 4.76. The van der Waals surface area contributed by atoms with E-state index in [0.717, 1.165) is 19.3 Å². The van der Waals surface area contributed by atoms with Crippen LogP contribution in [0.2, 0.25) is 0 Å². The zero-order chi connectivity index (χ0) is 23.7. The summed E-state index contributed by atoms with van der Waals surface area (Å²) in [5, 5.41) is 9.75. The van der Waals surface area contributed by atoms with Crippen LogP contribution < -0.4 is 0 Å². The maximum Gasteiger partial charge on any atom is 0.306 e. The molecule has 0 fully saturated rings. The predicted molar refractivity (Wildman–Crippen MR) is 142 cm³/mol. The maximum absolute atomic E-state index is 11.8. The van der Waals surface area contributed by atoms with E-state index < -0.39 is 5.97 Å². The van der Waals surface area contributed by atoms with E-state index in [1.807, 2.05) is 0 Å². The third-order valence-corrected chi connectivity index (χ3v) is 6.96. The van der Waals surface area contributed by atoms with Crippen molar-refractivity contribution in [1.82, 2.24) is 0 Å². The molecule has 190 valence electrons. The van der Waals surface area contributed by atoms with Gasteiger partial charge in [-0.2, -0.15) is 0 Å². The Morgan fingerprint density at radius 1 is 0.594 bits per heavy atom. The highest BCUT2D eigenvalue weighted by atomic mass is 16.4. The molecule has 2 nitrogen and oxygen atoms in total. The van der Waals surface area contributed by atoms with Gasteiger partial charge in [0.05, 0.1) is 5.92 Å². The molecule has 0 aromatic carbocycles. The van der Waals surface area contributed by atoms with E-state index >= 15 is 0 Å². The Morgan fingerprint density at radius 3 is 1.59 bits per heavy atom. The van der Waals surface area contributed by atoms with Gasteiger partial charge in [0.2, 0.25) is 0 Å². The molecular formula is C30H58O2. The monoisotopic (exact) mass is 450 g/mol. The van der Waals surface area contributed by atoms with Crippen molar-refractivity contribution < 1.29 is 9.90 Å². The average Bonchev–Trinajstić information content (AvgIpc) is 2.78. The smallest absolute Gasteiger partial charge is 0.306 e. The van der Waals surface area contributed by atoms with E-state index in [1.54, 1.807) is 0 Å². The third kappa shape index (κ3) is 21.1. The van der Waals surface area contributed by atoms with Gasteiger partial charge in [-0.05, 0) is 44.4 Å². The Balaban J connectivity index is 3.91. The lowest BCUT2D eigenvalue weighted by Crippen LogP contribution is -2.18. The predicted octanol–water partition coefficient (Wildman–Crippen LogP) is 10.5. The summed E-state index contributed by atoms with van der Waals surface area (Å²) >= 11 is 0. The molecule has 0 aromatic rings. The van der Waals surface area contributed by atoms with Crippen molar-refractivity contribution in [3.05, 3.63) is 12.2 Å². The summed E-state index contributed by atoms with van der Waals surface area (Å²) in [6, 6.07) is 0. The lowest BCUT2D eigenvalue weighted by molar-refractivity contribution is -0.142. The first kappa shape index (κ1) is 31.2. The number of hydrogen-bond acceptors (Lipinski definition) is 1. The molecule has 2 unspecified atom stereocenters. The second-order valence-electron chi connectivity index (χ2n) is 10.1. The van der Waals surface area contributed by atoms with Gasteiger partial charge in [0.1, 0.15) is 0 Å². The molecule has 0 aromatic heterocycles. The van der Waals surface area contributed by atoms with Gasteiger partial charge in [-0.3, -0.25) is 4.79 Å². The topological polar surface area (TPSA) is 37.3 Å². The highest BCUT2D eigenvalue weighted by molar-refractivity contribution is 5.69. The van der Waals surface area contributed by atoms with E-state index in [-0.39, 0.29) is 5.92 Å². The van der Waals surface area contributed by atoms with Crippen molar-refractivity contribution in [2.24, 2.45) is 11.8 Å². The molecule has 2 heteroatoms. The number of carbonyl (C=O) groups is 1. The van der Waals surface area contributed by atoms with Crippen molar-refractivity contribution in [2.75, 3.05) is 0 Å². The van der Waals surface area contributed by atoms with E-state index in [4.69, 9.17) is 0 Å². The second-order valence-corrected chi connectivity index (χ2v) is 10.1. The van der Waals surface area contributed by atoms with Crippen LogP contribution in [0.3, 0.4) is 0 Å². The van der Waals surface area contributed by atoms with Gasteiger partial charge in [0.15, 0.2) is 0 Å². The summed E-state index contributed by atoms with van der Waals surface area (Å²) in [7, 11) is 0. The molecule has 0 aliphatic carbocycles. The van der Waals surface area contributed by atoms with Crippen LogP contribution in [0.5, 0.6) is 0 Å². The third-order valence-electron chi connectivity index (χ3n) is 6.96. The van der Waals surface area contributed by atoms with Gasteiger partial charge < -0.3 is 5.11 Å². The lowest BCUT2D eigenvalue weighted by atomic mass is 9.84. The molecule has 0 amide bonds. The van der Waals surface area contributed by atoms with E-state index in [2.05, 4.69) is 32.9 Å². The van der Waals surface area contributed by atoms with Gasteiger partial charge >= 0.3 is 5.97 Å². The van der Waals surface area contributed by atoms with Crippen LogP contribution in [0.25, 0.3) is 0 Å². The maximum atomic E-state index is 11.8. The first-order valence-corrected chi connectivity index (χ1v) is 14.5. The molecule has 1 N–H and O–H groups in total. The van der Waals surface area contributed by atoms with Crippen LogP contribution in [0.15, 0.2) is 12.2 Å². The minimum Gasteiger partial charge on any atom is -0.481 e. The molecular weight excluding hydrogens is 392 g/mol. The molecule has 0 radical (unpaired) electrons. The molecule has 0 saturated heterocycles. The SMILES string of the molecule is CCCCCCCCC=CCCCCCCC(CC(CCCC)CCCCCC)C(=O)O. The molecule has 0 heterocycles. The Morgan fingerprint density at radius 2 is 1.03 bits per heavy atom. The zero-order valence-electron chi connectivity index (χ0n) is 22.2. The Hall–Kier alpha value is -0.790. The minimum absolute atomic E-state index is 0.125. The van der Waals surface area contributed by atoms with Gasteiger partial charge in [-0.15, -0.1) is 0 Å². The normalized spacial score (nSPS) is 13.6. The fourth-order valence-corrected chi connectivity index (χ4v) is 4.76. The van der Waals surface area contributed by atoms with Crippen LogP contribution in [-0.4, -0.2) is 11.1 Å². The Bertz CT molecular complexity index is 415. The number of hydrogen-bond donors (Lipinski definition) is 1. The number of carboxylic acids is 1. The van der Waals surface area contributed by atoms with Crippen LogP contribution in [-0.2, 0) is 4.79 Å². The minimum atomic E-state index is -0.558. The quantitative estimate of drug-likeness (QED) is 0.111. The summed E-state index contributed by atoms with van der Waals surface area (Å²) in [6.45, 7) is 6.77. The van der Waals surface area contributed by atoms with E-state index in [1.165, 1.54) is 122 Å². The molecule has 32 heavy (non-hydrogen) atoms. The molecule has 0 aliphatic rings. The average molecular weight is 451 g/mol. The summed E-state index contributed by atoms with van der Waals surface area (Å²) in [5.41, 5.74) is 0. The number of rotatable bonds is 25. The number of carboxylic acid groups (broad SMARTS) is 1. The van der Waals surface area contributed by atoms with Crippen molar-refractivity contribution in [1.29, 1.82) is 0 Å². The first-order chi connectivity index (χ1) is 15.7. The van der Waals surface area contributed by atoms with Crippen LogP contribution >= 0.6 is 0 Å². The molecule has 0 rings (SSSR count). The largest absolute Gasteiger partial charge is 0.481 e. The lowest BCUT2D eigenvalue weighted by Gasteiger charge is -2.21. The van der Waals surface area contributed by atoms with Crippen molar-refractivity contribution >= 4 is 5.97 Å². The van der Waals surface area contributed by atoms with Crippen molar-refractivity contribution in [3.63, 3.8) is 0 Å². The number of unbranched alkanes of at least 4 members (excludes halogenated alkanes) is 14. The summed E-state index contributed by atoms with van der Waals surface area (Å²) in [5.74, 6) is -0.0670. The summed E-state index contributed by atoms with van der Waals surface area (Å²) < 4.78 is 0. The standard InChI is InChI=1S/C30H58O2/c1-4-7-10-12-13-14-15-16-17-18-19-20-21-23-26-29(30(31)32)27-28(24-9-6-3)25-22-11-8-5-2/h16-17,28-29H,4-15,18-27H2,1-3H3,(H,31,32).